The standard InChI is InChI=1S/C12H17FN2O3/c13-11-8-10(4-5-12(11)15(17)18)9-14-6-2-1-3-7-16/h4-5,8,14,16H,1-3,6-7,9H2. The Bertz CT molecular complexity index is 399. The highest BCUT2D eigenvalue weighted by Gasteiger charge is 2.13. The van der Waals surface area contributed by atoms with E-state index in [1.807, 2.05) is 0 Å². The summed E-state index contributed by atoms with van der Waals surface area (Å²) in [6.07, 6.45) is 2.67. The zero-order chi connectivity index (χ0) is 13.4. The highest BCUT2D eigenvalue weighted by atomic mass is 19.1. The molecule has 1 aromatic rings. The monoisotopic (exact) mass is 256 g/mol. The van der Waals surface area contributed by atoms with E-state index in [0.717, 1.165) is 25.8 Å². The Morgan fingerprint density at radius 2 is 2.11 bits per heavy atom. The van der Waals surface area contributed by atoms with Crippen molar-refractivity contribution in [2.24, 2.45) is 0 Å². The van der Waals surface area contributed by atoms with Crippen molar-refractivity contribution >= 4 is 5.69 Å². The van der Waals surface area contributed by atoms with E-state index in [-0.39, 0.29) is 6.61 Å². The van der Waals surface area contributed by atoms with Crippen LogP contribution in [-0.2, 0) is 6.54 Å². The molecule has 0 heterocycles. The van der Waals surface area contributed by atoms with Gasteiger partial charge >= 0.3 is 5.69 Å². The van der Waals surface area contributed by atoms with Crippen molar-refractivity contribution in [1.82, 2.24) is 5.32 Å². The third-order valence-electron chi connectivity index (χ3n) is 2.55. The number of aliphatic hydroxyl groups excluding tert-OH is 1. The van der Waals surface area contributed by atoms with Crippen LogP contribution in [0.3, 0.4) is 0 Å². The summed E-state index contributed by atoms with van der Waals surface area (Å²) in [7, 11) is 0. The first kappa shape index (κ1) is 14.5. The molecule has 0 amide bonds. The predicted molar refractivity (Wildman–Crippen MR) is 65.7 cm³/mol. The summed E-state index contributed by atoms with van der Waals surface area (Å²) in [6, 6.07) is 3.90. The van der Waals surface area contributed by atoms with E-state index in [1.165, 1.54) is 12.1 Å². The Morgan fingerprint density at radius 1 is 1.33 bits per heavy atom. The molecule has 0 fully saturated rings. The Labute approximate surface area is 105 Å². The molecule has 0 aliphatic heterocycles. The van der Waals surface area contributed by atoms with Crippen LogP contribution in [0.2, 0.25) is 0 Å². The lowest BCUT2D eigenvalue weighted by Crippen LogP contribution is -2.15. The minimum absolute atomic E-state index is 0.202. The van der Waals surface area contributed by atoms with Gasteiger partial charge < -0.3 is 10.4 Å². The Kier molecular flexibility index (Phi) is 6.24. The molecule has 0 bridgehead atoms. The molecule has 0 unspecified atom stereocenters. The van der Waals surface area contributed by atoms with E-state index in [1.54, 1.807) is 6.07 Å². The minimum Gasteiger partial charge on any atom is -0.396 e. The lowest BCUT2D eigenvalue weighted by molar-refractivity contribution is -0.387. The molecule has 0 aliphatic carbocycles. The maximum Gasteiger partial charge on any atom is 0.304 e. The summed E-state index contributed by atoms with van der Waals surface area (Å²) in [5, 5.41) is 22.1. The third kappa shape index (κ3) is 4.77. The summed E-state index contributed by atoms with van der Waals surface area (Å²) in [5.74, 6) is -0.806. The SMILES string of the molecule is O=[N+]([O-])c1ccc(CNCCCCCO)cc1F. The van der Waals surface area contributed by atoms with Crippen LogP contribution in [-0.4, -0.2) is 23.2 Å². The van der Waals surface area contributed by atoms with Crippen molar-refractivity contribution in [1.29, 1.82) is 0 Å². The van der Waals surface area contributed by atoms with Gasteiger partial charge in [-0.15, -0.1) is 0 Å². The molecule has 6 heteroatoms. The number of nitro benzene ring substituents is 1. The van der Waals surface area contributed by atoms with Gasteiger partial charge in [-0.1, -0.05) is 6.07 Å². The van der Waals surface area contributed by atoms with Gasteiger partial charge in [0.05, 0.1) is 4.92 Å². The van der Waals surface area contributed by atoms with Gasteiger partial charge in [0, 0.05) is 19.2 Å². The number of rotatable bonds is 8. The summed E-state index contributed by atoms with van der Waals surface area (Å²) in [5.41, 5.74) is 0.182. The average Bonchev–Trinajstić information content (AvgIpc) is 2.33. The van der Waals surface area contributed by atoms with Crippen molar-refractivity contribution in [3.8, 4) is 0 Å². The van der Waals surface area contributed by atoms with Gasteiger partial charge in [0.1, 0.15) is 0 Å². The molecule has 2 N–H and O–H groups in total. The van der Waals surface area contributed by atoms with Crippen molar-refractivity contribution < 1.29 is 14.4 Å². The predicted octanol–water partition coefficient (Wildman–Crippen LogP) is 1.99. The number of benzene rings is 1. The summed E-state index contributed by atoms with van der Waals surface area (Å²) < 4.78 is 13.3. The van der Waals surface area contributed by atoms with Gasteiger partial charge in [0.15, 0.2) is 0 Å². The molecule has 5 nitrogen and oxygen atoms in total. The molecule has 0 aliphatic rings. The number of hydrogen-bond donors (Lipinski definition) is 2. The Morgan fingerprint density at radius 3 is 2.72 bits per heavy atom. The maximum atomic E-state index is 13.3. The fraction of sp³-hybridized carbons (Fsp3) is 0.500. The highest BCUT2D eigenvalue weighted by molar-refractivity contribution is 5.34. The molecule has 0 saturated heterocycles. The topological polar surface area (TPSA) is 75.4 Å². The molecule has 0 atom stereocenters. The van der Waals surface area contributed by atoms with Crippen molar-refractivity contribution in [2.75, 3.05) is 13.2 Å². The number of halogens is 1. The molecule has 18 heavy (non-hydrogen) atoms. The normalized spacial score (nSPS) is 10.6. The second-order valence-corrected chi connectivity index (χ2v) is 4.00. The van der Waals surface area contributed by atoms with Gasteiger partial charge in [-0.25, -0.2) is 0 Å². The number of unbranched alkanes of at least 4 members (excludes halogenated alkanes) is 2. The van der Waals surface area contributed by atoms with Crippen LogP contribution in [0.25, 0.3) is 0 Å². The number of hydrogen-bond acceptors (Lipinski definition) is 4. The van der Waals surface area contributed by atoms with Crippen molar-refractivity contribution in [3.05, 3.63) is 39.7 Å². The van der Waals surface area contributed by atoms with Gasteiger partial charge in [-0.3, -0.25) is 10.1 Å². The van der Waals surface area contributed by atoms with E-state index in [4.69, 9.17) is 5.11 Å². The van der Waals surface area contributed by atoms with Crippen LogP contribution in [0.5, 0.6) is 0 Å². The summed E-state index contributed by atoms with van der Waals surface area (Å²) in [4.78, 5) is 9.69. The molecule has 0 spiro atoms. The largest absolute Gasteiger partial charge is 0.396 e. The first-order valence-corrected chi connectivity index (χ1v) is 5.89. The van der Waals surface area contributed by atoms with Crippen LogP contribution in [0.4, 0.5) is 10.1 Å². The Hall–Kier alpha value is -1.53. The third-order valence-corrected chi connectivity index (χ3v) is 2.55. The quantitative estimate of drug-likeness (QED) is 0.423. The lowest BCUT2D eigenvalue weighted by Gasteiger charge is -2.05. The van der Waals surface area contributed by atoms with E-state index < -0.39 is 16.4 Å². The van der Waals surface area contributed by atoms with Gasteiger partial charge in [0.25, 0.3) is 0 Å². The first-order chi connectivity index (χ1) is 8.65. The van der Waals surface area contributed by atoms with Crippen LogP contribution < -0.4 is 5.32 Å². The van der Waals surface area contributed by atoms with Crippen molar-refractivity contribution in [2.45, 2.75) is 25.8 Å². The fourth-order valence-electron chi connectivity index (χ4n) is 1.58. The maximum absolute atomic E-state index is 13.3. The molecular formula is C12H17FN2O3. The molecule has 1 rings (SSSR count). The number of nitrogens with one attached hydrogen (secondary N) is 1. The zero-order valence-corrected chi connectivity index (χ0v) is 10.1. The summed E-state index contributed by atoms with van der Waals surface area (Å²) in [6.45, 7) is 1.46. The molecular weight excluding hydrogens is 239 g/mol. The fourth-order valence-corrected chi connectivity index (χ4v) is 1.58. The first-order valence-electron chi connectivity index (χ1n) is 5.89. The van der Waals surface area contributed by atoms with Crippen molar-refractivity contribution in [3.63, 3.8) is 0 Å². The van der Waals surface area contributed by atoms with Crippen LogP contribution in [0, 0.1) is 15.9 Å². The van der Waals surface area contributed by atoms with Gasteiger partial charge in [0.2, 0.25) is 5.82 Å². The van der Waals surface area contributed by atoms with Gasteiger partial charge in [-0.2, -0.15) is 4.39 Å². The van der Waals surface area contributed by atoms with E-state index in [2.05, 4.69) is 5.32 Å². The molecule has 0 saturated carbocycles. The van der Waals surface area contributed by atoms with Crippen LogP contribution >= 0.6 is 0 Å². The Balaban J connectivity index is 2.35. The number of aliphatic hydroxyl groups is 1. The molecule has 1 aromatic carbocycles. The minimum atomic E-state index is -0.806. The molecule has 0 radical (unpaired) electrons. The molecule has 0 aromatic heterocycles. The number of nitro groups is 1. The molecule has 100 valence electrons. The summed E-state index contributed by atoms with van der Waals surface area (Å²) >= 11 is 0. The van der Waals surface area contributed by atoms with E-state index >= 15 is 0 Å². The van der Waals surface area contributed by atoms with Crippen LogP contribution in [0.1, 0.15) is 24.8 Å². The zero-order valence-electron chi connectivity index (χ0n) is 10.1. The van der Waals surface area contributed by atoms with Gasteiger partial charge in [-0.05, 0) is 37.4 Å². The number of nitrogens with zero attached hydrogens (tertiary/aromatic N) is 1. The second kappa shape index (κ2) is 7.73. The lowest BCUT2D eigenvalue weighted by atomic mass is 10.2. The van der Waals surface area contributed by atoms with E-state index in [9.17, 15) is 14.5 Å². The average molecular weight is 256 g/mol. The van der Waals surface area contributed by atoms with Crippen LogP contribution in [0.15, 0.2) is 18.2 Å². The van der Waals surface area contributed by atoms with E-state index in [0.29, 0.717) is 12.1 Å². The highest BCUT2D eigenvalue weighted by Crippen LogP contribution is 2.17. The second-order valence-electron chi connectivity index (χ2n) is 4.00. The smallest absolute Gasteiger partial charge is 0.304 e.